The highest BCUT2D eigenvalue weighted by molar-refractivity contribution is 7.99. The van der Waals surface area contributed by atoms with Crippen LogP contribution in [0.4, 0.5) is 0 Å². The van der Waals surface area contributed by atoms with Crippen LogP contribution >= 0.6 is 23.4 Å². The monoisotopic (exact) mass is 352 g/mol. The molecular weight excluding hydrogens is 332 g/mol. The van der Waals surface area contributed by atoms with Gasteiger partial charge in [-0.25, -0.2) is 0 Å². The second kappa shape index (κ2) is 8.93. The summed E-state index contributed by atoms with van der Waals surface area (Å²) in [6.07, 6.45) is 4.61. The fourth-order valence-corrected chi connectivity index (χ4v) is 3.07. The van der Waals surface area contributed by atoms with Crippen LogP contribution in [0.5, 0.6) is 0 Å². The average Bonchev–Trinajstić information content (AvgIpc) is 2.93. The highest BCUT2D eigenvalue weighted by atomic mass is 35.5. The molecule has 7 heteroatoms. The molecule has 23 heavy (non-hydrogen) atoms. The Labute approximate surface area is 145 Å². The van der Waals surface area contributed by atoms with Crippen LogP contribution in [0.1, 0.15) is 32.6 Å². The first kappa shape index (κ1) is 17.8. The third kappa shape index (κ3) is 5.25. The van der Waals surface area contributed by atoms with E-state index in [0.717, 1.165) is 35.9 Å². The number of amides is 1. The lowest BCUT2D eigenvalue weighted by Crippen LogP contribution is -2.14. The first-order valence-electron chi connectivity index (χ1n) is 7.72. The fourth-order valence-electron chi connectivity index (χ4n) is 2.24. The molecule has 0 bridgehead atoms. The van der Waals surface area contributed by atoms with E-state index in [4.69, 9.17) is 17.3 Å². The quantitative estimate of drug-likeness (QED) is 0.551. The van der Waals surface area contributed by atoms with Gasteiger partial charge in [0, 0.05) is 17.1 Å². The number of hydrogen-bond acceptors (Lipinski definition) is 4. The van der Waals surface area contributed by atoms with Crippen molar-refractivity contribution in [3.05, 3.63) is 29.3 Å². The zero-order valence-electron chi connectivity index (χ0n) is 13.2. The Bertz CT molecular complexity index is 642. The minimum atomic E-state index is -0.358. The van der Waals surface area contributed by atoms with E-state index in [1.165, 1.54) is 24.6 Å². The summed E-state index contributed by atoms with van der Waals surface area (Å²) in [7, 11) is 0. The van der Waals surface area contributed by atoms with Crippen molar-refractivity contribution in [3.63, 3.8) is 0 Å². The van der Waals surface area contributed by atoms with E-state index in [0.29, 0.717) is 5.02 Å². The number of thioether (sulfide) groups is 1. The lowest BCUT2D eigenvalue weighted by molar-refractivity contribution is -0.115. The second-order valence-electron chi connectivity index (χ2n) is 5.28. The van der Waals surface area contributed by atoms with E-state index in [1.807, 2.05) is 24.3 Å². The van der Waals surface area contributed by atoms with Crippen molar-refractivity contribution < 1.29 is 4.79 Å². The van der Waals surface area contributed by atoms with Crippen LogP contribution in [-0.4, -0.2) is 26.4 Å². The summed E-state index contributed by atoms with van der Waals surface area (Å²) in [4.78, 5) is 11.0. The number of nitrogens with zero attached hydrogens (tertiary/aromatic N) is 3. The van der Waals surface area contributed by atoms with Crippen LogP contribution in [0.2, 0.25) is 5.02 Å². The number of carbonyl (C=O) groups is 1. The fraction of sp³-hybridized carbons (Fsp3) is 0.438. The molecule has 0 saturated heterocycles. The van der Waals surface area contributed by atoms with E-state index in [1.54, 1.807) is 0 Å². The largest absolute Gasteiger partial charge is 0.369 e. The molecule has 1 heterocycles. The summed E-state index contributed by atoms with van der Waals surface area (Å²) in [5, 5.41) is 9.92. The van der Waals surface area contributed by atoms with E-state index >= 15 is 0 Å². The van der Waals surface area contributed by atoms with Gasteiger partial charge in [0.1, 0.15) is 0 Å². The molecule has 0 aliphatic carbocycles. The molecule has 124 valence electrons. The highest BCUT2D eigenvalue weighted by Gasteiger charge is 2.14. The lowest BCUT2D eigenvalue weighted by Gasteiger charge is -2.10. The molecule has 2 rings (SSSR count). The van der Waals surface area contributed by atoms with Crippen molar-refractivity contribution in [3.8, 4) is 11.4 Å². The van der Waals surface area contributed by atoms with Gasteiger partial charge in [-0.05, 0) is 30.7 Å². The van der Waals surface area contributed by atoms with Crippen LogP contribution in [-0.2, 0) is 11.3 Å². The Morgan fingerprint density at radius 2 is 1.96 bits per heavy atom. The van der Waals surface area contributed by atoms with Crippen molar-refractivity contribution in [2.24, 2.45) is 5.73 Å². The molecule has 5 nitrogen and oxygen atoms in total. The Hall–Kier alpha value is -1.53. The smallest absolute Gasteiger partial charge is 0.227 e. The summed E-state index contributed by atoms with van der Waals surface area (Å²) in [6.45, 7) is 3.01. The molecule has 2 aromatic rings. The van der Waals surface area contributed by atoms with Gasteiger partial charge in [0.25, 0.3) is 0 Å². The minimum Gasteiger partial charge on any atom is -0.369 e. The number of hydrogen-bond donors (Lipinski definition) is 1. The molecule has 0 fully saturated rings. The normalized spacial score (nSPS) is 10.9. The van der Waals surface area contributed by atoms with Crippen LogP contribution in [0.25, 0.3) is 11.4 Å². The average molecular weight is 353 g/mol. The van der Waals surface area contributed by atoms with Gasteiger partial charge in [-0.3, -0.25) is 4.79 Å². The van der Waals surface area contributed by atoms with E-state index in [9.17, 15) is 4.79 Å². The topological polar surface area (TPSA) is 73.8 Å². The van der Waals surface area contributed by atoms with Gasteiger partial charge < -0.3 is 10.3 Å². The number of nitrogens with two attached hydrogens (primary N) is 1. The van der Waals surface area contributed by atoms with Crippen LogP contribution < -0.4 is 5.73 Å². The molecule has 1 aromatic carbocycles. The van der Waals surface area contributed by atoms with Crippen molar-refractivity contribution in [2.45, 2.75) is 44.3 Å². The number of aromatic nitrogens is 3. The zero-order chi connectivity index (χ0) is 16.7. The van der Waals surface area contributed by atoms with Crippen molar-refractivity contribution in [2.75, 3.05) is 5.75 Å². The molecule has 0 spiro atoms. The molecule has 0 unspecified atom stereocenters. The van der Waals surface area contributed by atoms with E-state index in [-0.39, 0.29) is 11.7 Å². The highest BCUT2D eigenvalue weighted by Crippen LogP contribution is 2.25. The maximum absolute atomic E-state index is 11.0. The second-order valence-corrected chi connectivity index (χ2v) is 6.66. The SMILES string of the molecule is CCCCCCn1c(SCC(N)=O)nnc1-c1ccc(Cl)cc1. The number of unbranched alkanes of at least 4 members (excludes halogenated alkanes) is 3. The van der Waals surface area contributed by atoms with Gasteiger partial charge in [-0.15, -0.1) is 10.2 Å². The molecule has 0 aliphatic rings. The summed E-state index contributed by atoms with van der Waals surface area (Å²) in [6, 6.07) is 7.53. The standard InChI is InChI=1S/C16H21ClN4OS/c1-2-3-4-5-10-21-15(12-6-8-13(17)9-7-12)19-20-16(21)23-11-14(18)22/h6-9H,2-5,10-11H2,1H3,(H2,18,22). The van der Waals surface area contributed by atoms with Gasteiger partial charge in [-0.2, -0.15) is 0 Å². The number of carbonyl (C=O) groups excluding carboxylic acids is 1. The van der Waals surface area contributed by atoms with E-state index in [2.05, 4.69) is 21.7 Å². The summed E-state index contributed by atoms with van der Waals surface area (Å²) >= 11 is 7.28. The van der Waals surface area contributed by atoms with Crippen LogP contribution in [0.3, 0.4) is 0 Å². The Kier molecular flexibility index (Phi) is 6.92. The zero-order valence-corrected chi connectivity index (χ0v) is 14.7. The number of benzene rings is 1. The van der Waals surface area contributed by atoms with Crippen LogP contribution in [0, 0.1) is 0 Å². The Morgan fingerprint density at radius 1 is 1.22 bits per heavy atom. The molecule has 0 atom stereocenters. The molecule has 0 saturated carbocycles. The summed E-state index contributed by atoms with van der Waals surface area (Å²) in [5.74, 6) is 0.641. The van der Waals surface area contributed by atoms with Crippen molar-refractivity contribution in [1.29, 1.82) is 0 Å². The lowest BCUT2D eigenvalue weighted by atomic mass is 10.2. The van der Waals surface area contributed by atoms with Crippen LogP contribution in [0.15, 0.2) is 29.4 Å². The van der Waals surface area contributed by atoms with Crippen molar-refractivity contribution >= 4 is 29.3 Å². The summed E-state index contributed by atoms with van der Waals surface area (Å²) in [5.41, 5.74) is 6.19. The maximum Gasteiger partial charge on any atom is 0.227 e. The number of primary amides is 1. The van der Waals surface area contributed by atoms with Gasteiger partial charge in [0.15, 0.2) is 11.0 Å². The first-order valence-corrected chi connectivity index (χ1v) is 9.08. The van der Waals surface area contributed by atoms with Gasteiger partial charge in [0.05, 0.1) is 5.75 Å². The first-order chi connectivity index (χ1) is 11.1. The third-order valence-electron chi connectivity index (χ3n) is 3.40. The van der Waals surface area contributed by atoms with Gasteiger partial charge in [-0.1, -0.05) is 49.5 Å². The minimum absolute atomic E-state index is 0.202. The van der Waals surface area contributed by atoms with Gasteiger partial charge in [0.2, 0.25) is 5.91 Å². The molecule has 0 aliphatic heterocycles. The Morgan fingerprint density at radius 3 is 2.61 bits per heavy atom. The molecule has 2 N–H and O–H groups in total. The molecular formula is C16H21ClN4OS. The predicted molar refractivity (Wildman–Crippen MR) is 94.5 cm³/mol. The molecule has 1 aromatic heterocycles. The molecule has 0 radical (unpaired) electrons. The maximum atomic E-state index is 11.0. The van der Waals surface area contributed by atoms with Gasteiger partial charge >= 0.3 is 0 Å². The van der Waals surface area contributed by atoms with Crippen molar-refractivity contribution in [1.82, 2.24) is 14.8 Å². The molecule has 1 amide bonds. The Balaban J connectivity index is 2.21. The van der Waals surface area contributed by atoms with E-state index < -0.39 is 0 Å². The third-order valence-corrected chi connectivity index (χ3v) is 4.64. The number of halogens is 1. The summed E-state index contributed by atoms with van der Waals surface area (Å²) < 4.78 is 2.06. The predicted octanol–water partition coefficient (Wildman–Crippen LogP) is 3.76. The number of rotatable bonds is 9.